The Kier molecular flexibility index (Phi) is 5.56. The van der Waals surface area contributed by atoms with Crippen molar-refractivity contribution in [2.24, 2.45) is 0 Å². The predicted octanol–water partition coefficient (Wildman–Crippen LogP) is 4.62. The van der Waals surface area contributed by atoms with Gasteiger partial charge in [0.1, 0.15) is 17.4 Å². The summed E-state index contributed by atoms with van der Waals surface area (Å²) in [6, 6.07) is 10.4. The van der Waals surface area contributed by atoms with Crippen molar-refractivity contribution in [3.8, 4) is 27.8 Å². The molecule has 0 aliphatic heterocycles. The van der Waals surface area contributed by atoms with Crippen molar-refractivity contribution in [3.05, 3.63) is 63.1 Å². The summed E-state index contributed by atoms with van der Waals surface area (Å²) in [7, 11) is 3.18. The number of benzene rings is 2. The molecule has 0 bridgehead atoms. The van der Waals surface area contributed by atoms with Crippen molar-refractivity contribution in [1.29, 1.82) is 0 Å². The van der Waals surface area contributed by atoms with Gasteiger partial charge in [-0.2, -0.15) is 0 Å². The van der Waals surface area contributed by atoms with Gasteiger partial charge in [0.25, 0.3) is 5.69 Å². The number of thiazole rings is 1. The molecule has 7 nitrogen and oxygen atoms in total. The predicted molar refractivity (Wildman–Crippen MR) is 103 cm³/mol. The van der Waals surface area contributed by atoms with Crippen LogP contribution in [0, 0.1) is 17.0 Å². The van der Waals surface area contributed by atoms with E-state index in [1.54, 1.807) is 33.3 Å². The van der Waals surface area contributed by atoms with E-state index < -0.39 is 4.92 Å². The van der Waals surface area contributed by atoms with Gasteiger partial charge < -0.3 is 14.2 Å². The lowest BCUT2D eigenvalue weighted by atomic mass is 10.2. The third-order valence-corrected chi connectivity index (χ3v) is 4.95. The Morgan fingerprint density at radius 2 is 1.89 bits per heavy atom. The molecule has 1 heterocycles. The van der Waals surface area contributed by atoms with Crippen LogP contribution in [0.5, 0.6) is 17.2 Å². The van der Waals surface area contributed by atoms with Crippen molar-refractivity contribution in [2.45, 2.75) is 13.5 Å². The number of nitrogens with zero attached hydrogens (tertiary/aromatic N) is 2. The van der Waals surface area contributed by atoms with Gasteiger partial charge in [0.15, 0.2) is 11.5 Å². The van der Waals surface area contributed by atoms with Crippen LogP contribution in [-0.2, 0) is 6.61 Å². The molecule has 0 amide bonds. The normalized spacial score (nSPS) is 10.5. The van der Waals surface area contributed by atoms with E-state index in [2.05, 4.69) is 4.98 Å². The Morgan fingerprint density at radius 3 is 2.59 bits per heavy atom. The summed E-state index contributed by atoms with van der Waals surface area (Å²) in [5, 5.41) is 13.8. The minimum atomic E-state index is -0.416. The number of methoxy groups -OCH3 is 2. The molecule has 2 aromatic carbocycles. The largest absolute Gasteiger partial charge is 0.493 e. The van der Waals surface area contributed by atoms with Crippen LogP contribution < -0.4 is 14.2 Å². The summed E-state index contributed by atoms with van der Waals surface area (Å²) in [4.78, 5) is 15.2. The second-order valence-electron chi connectivity index (χ2n) is 5.66. The zero-order valence-corrected chi connectivity index (χ0v) is 15.9. The molecule has 0 radical (unpaired) electrons. The number of nitro benzene ring substituents is 1. The second kappa shape index (κ2) is 8.05. The molecule has 0 unspecified atom stereocenters. The third kappa shape index (κ3) is 4.01. The number of hydrogen-bond acceptors (Lipinski definition) is 7. The first-order chi connectivity index (χ1) is 13.0. The smallest absolute Gasteiger partial charge is 0.276 e. The summed E-state index contributed by atoms with van der Waals surface area (Å²) in [6.45, 7) is 1.90. The molecule has 3 rings (SSSR count). The quantitative estimate of drug-likeness (QED) is 0.435. The molecule has 0 aliphatic rings. The highest BCUT2D eigenvalue weighted by Crippen LogP contribution is 2.34. The first kappa shape index (κ1) is 18.7. The molecular formula is C19H18N2O5S. The highest BCUT2D eigenvalue weighted by molar-refractivity contribution is 7.13. The Balaban J connectivity index is 1.76. The van der Waals surface area contributed by atoms with Gasteiger partial charge in [-0.3, -0.25) is 10.1 Å². The summed E-state index contributed by atoms with van der Waals surface area (Å²) in [5.74, 6) is 1.77. The van der Waals surface area contributed by atoms with Gasteiger partial charge >= 0.3 is 0 Å². The number of aromatic nitrogens is 1. The van der Waals surface area contributed by atoms with Crippen LogP contribution in [0.1, 0.15) is 11.3 Å². The van der Waals surface area contributed by atoms with Crippen LogP contribution in [0.3, 0.4) is 0 Å². The highest BCUT2D eigenvalue weighted by atomic mass is 32.1. The standard InChI is InChI=1S/C19H18N2O5S/c1-12-15(21(22)23)5-4-6-16(12)26-10-14-11-27-19(20-14)13-7-8-17(24-2)18(9-13)25-3/h4-9,11H,10H2,1-3H3. The minimum absolute atomic E-state index is 0.0387. The lowest BCUT2D eigenvalue weighted by Crippen LogP contribution is -1.99. The lowest BCUT2D eigenvalue weighted by molar-refractivity contribution is -0.385. The van der Waals surface area contributed by atoms with Crippen molar-refractivity contribution >= 4 is 17.0 Å². The van der Waals surface area contributed by atoms with Crippen molar-refractivity contribution < 1.29 is 19.1 Å². The lowest BCUT2D eigenvalue weighted by Gasteiger charge is -2.08. The summed E-state index contributed by atoms with van der Waals surface area (Å²) in [5.41, 5.74) is 2.20. The van der Waals surface area contributed by atoms with Gasteiger partial charge in [0, 0.05) is 17.0 Å². The maximum Gasteiger partial charge on any atom is 0.276 e. The number of ether oxygens (including phenoxy) is 3. The molecule has 1 aromatic heterocycles. The molecule has 0 saturated carbocycles. The van der Waals surface area contributed by atoms with Crippen LogP contribution in [0.15, 0.2) is 41.8 Å². The van der Waals surface area contributed by atoms with Crippen LogP contribution in [-0.4, -0.2) is 24.1 Å². The van der Waals surface area contributed by atoms with Gasteiger partial charge in [-0.1, -0.05) is 6.07 Å². The molecule has 0 fully saturated rings. The van der Waals surface area contributed by atoms with Gasteiger partial charge in [-0.25, -0.2) is 4.98 Å². The van der Waals surface area contributed by atoms with Crippen molar-refractivity contribution in [1.82, 2.24) is 4.98 Å². The van der Waals surface area contributed by atoms with E-state index in [9.17, 15) is 10.1 Å². The Labute approximate surface area is 160 Å². The molecule has 3 aromatic rings. The van der Waals surface area contributed by atoms with E-state index in [1.807, 2.05) is 23.6 Å². The van der Waals surface area contributed by atoms with Crippen LogP contribution in [0.25, 0.3) is 10.6 Å². The Hall–Kier alpha value is -3.13. The maximum absolute atomic E-state index is 11.0. The maximum atomic E-state index is 11.0. The molecule has 27 heavy (non-hydrogen) atoms. The van der Waals surface area contributed by atoms with Crippen LogP contribution in [0.2, 0.25) is 0 Å². The third-order valence-electron chi connectivity index (χ3n) is 4.01. The molecular weight excluding hydrogens is 368 g/mol. The molecule has 0 atom stereocenters. The van der Waals surface area contributed by atoms with Crippen LogP contribution >= 0.6 is 11.3 Å². The molecule has 8 heteroatoms. The average molecular weight is 386 g/mol. The first-order valence-corrected chi connectivity index (χ1v) is 8.95. The number of nitro groups is 1. The second-order valence-corrected chi connectivity index (χ2v) is 6.52. The van der Waals surface area contributed by atoms with Crippen molar-refractivity contribution in [3.63, 3.8) is 0 Å². The minimum Gasteiger partial charge on any atom is -0.493 e. The zero-order valence-electron chi connectivity index (χ0n) is 15.1. The Morgan fingerprint density at radius 1 is 1.11 bits per heavy atom. The number of hydrogen-bond donors (Lipinski definition) is 0. The van der Waals surface area contributed by atoms with Gasteiger partial charge in [-0.15, -0.1) is 11.3 Å². The molecule has 0 saturated heterocycles. The average Bonchev–Trinajstić information content (AvgIpc) is 3.15. The summed E-state index contributed by atoms with van der Waals surface area (Å²) >= 11 is 1.49. The topological polar surface area (TPSA) is 83.7 Å². The van der Waals surface area contributed by atoms with E-state index in [0.717, 1.165) is 16.3 Å². The van der Waals surface area contributed by atoms with E-state index in [0.29, 0.717) is 22.8 Å². The van der Waals surface area contributed by atoms with Gasteiger partial charge in [-0.05, 0) is 31.2 Å². The SMILES string of the molecule is COc1ccc(-c2nc(COc3cccc([N+](=O)[O-])c3C)cs2)cc1OC. The summed E-state index contributed by atoms with van der Waals surface area (Å²) in [6.07, 6.45) is 0. The highest BCUT2D eigenvalue weighted by Gasteiger charge is 2.15. The Bertz CT molecular complexity index is 970. The van der Waals surface area contributed by atoms with E-state index in [-0.39, 0.29) is 12.3 Å². The molecule has 0 spiro atoms. The molecule has 0 aliphatic carbocycles. The van der Waals surface area contributed by atoms with Crippen LogP contribution in [0.4, 0.5) is 5.69 Å². The zero-order chi connectivity index (χ0) is 19.4. The van der Waals surface area contributed by atoms with E-state index in [4.69, 9.17) is 14.2 Å². The molecule has 140 valence electrons. The fraction of sp³-hybridized carbons (Fsp3) is 0.211. The molecule has 0 N–H and O–H groups in total. The summed E-state index contributed by atoms with van der Waals surface area (Å²) < 4.78 is 16.3. The van der Waals surface area contributed by atoms with Gasteiger partial charge in [0.05, 0.1) is 30.4 Å². The monoisotopic (exact) mass is 386 g/mol. The fourth-order valence-electron chi connectivity index (χ4n) is 2.58. The van der Waals surface area contributed by atoms with E-state index >= 15 is 0 Å². The number of rotatable bonds is 7. The van der Waals surface area contributed by atoms with E-state index in [1.165, 1.54) is 17.4 Å². The van der Waals surface area contributed by atoms with Gasteiger partial charge in [0.2, 0.25) is 0 Å². The fourth-order valence-corrected chi connectivity index (χ4v) is 3.39. The van der Waals surface area contributed by atoms with Crippen molar-refractivity contribution in [2.75, 3.05) is 14.2 Å². The first-order valence-electron chi connectivity index (χ1n) is 8.07.